The molecular formula is C14H19FN2O. The van der Waals surface area contributed by atoms with Gasteiger partial charge in [0.05, 0.1) is 0 Å². The van der Waals surface area contributed by atoms with E-state index in [0.29, 0.717) is 24.2 Å². The molecule has 0 saturated carbocycles. The molecule has 0 spiro atoms. The SMILES string of the molecule is NCCC(=O)c1ccc(CN2CCCC2)c(F)c1. The summed E-state index contributed by atoms with van der Waals surface area (Å²) in [7, 11) is 0. The molecule has 1 aromatic carbocycles. The lowest BCUT2D eigenvalue weighted by molar-refractivity contribution is 0.0985. The van der Waals surface area contributed by atoms with Gasteiger partial charge in [0, 0.05) is 24.1 Å². The van der Waals surface area contributed by atoms with Gasteiger partial charge in [0.15, 0.2) is 5.78 Å². The lowest BCUT2D eigenvalue weighted by Crippen LogP contribution is -2.19. The Labute approximate surface area is 107 Å². The van der Waals surface area contributed by atoms with Crippen molar-refractivity contribution >= 4 is 5.78 Å². The predicted molar refractivity (Wildman–Crippen MR) is 68.9 cm³/mol. The molecule has 0 atom stereocenters. The minimum atomic E-state index is -0.287. The molecule has 0 aliphatic carbocycles. The van der Waals surface area contributed by atoms with Crippen LogP contribution in [0, 0.1) is 5.82 Å². The number of likely N-dealkylation sites (tertiary alicyclic amines) is 1. The molecular weight excluding hydrogens is 231 g/mol. The Morgan fingerprint density at radius 3 is 2.67 bits per heavy atom. The van der Waals surface area contributed by atoms with Gasteiger partial charge in [0.1, 0.15) is 5.82 Å². The Morgan fingerprint density at radius 2 is 2.06 bits per heavy atom. The number of rotatable bonds is 5. The summed E-state index contributed by atoms with van der Waals surface area (Å²) in [6.07, 6.45) is 2.65. The quantitative estimate of drug-likeness (QED) is 0.812. The van der Waals surface area contributed by atoms with Crippen molar-refractivity contribution < 1.29 is 9.18 Å². The summed E-state index contributed by atoms with van der Waals surface area (Å²) in [4.78, 5) is 13.8. The van der Waals surface area contributed by atoms with E-state index < -0.39 is 0 Å². The van der Waals surface area contributed by atoms with Crippen LogP contribution in [0.3, 0.4) is 0 Å². The molecule has 98 valence electrons. The monoisotopic (exact) mass is 250 g/mol. The minimum Gasteiger partial charge on any atom is -0.330 e. The second-order valence-electron chi connectivity index (χ2n) is 4.75. The van der Waals surface area contributed by atoms with Crippen molar-refractivity contribution in [2.45, 2.75) is 25.8 Å². The highest BCUT2D eigenvalue weighted by Gasteiger charge is 2.15. The number of nitrogens with two attached hydrogens (primary N) is 1. The van der Waals surface area contributed by atoms with Crippen molar-refractivity contribution in [2.75, 3.05) is 19.6 Å². The second-order valence-corrected chi connectivity index (χ2v) is 4.75. The lowest BCUT2D eigenvalue weighted by atomic mass is 10.1. The van der Waals surface area contributed by atoms with Gasteiger partial charge in [-0.3, -0.25) is 9.69 Å². The van der Waals surface area contributed by atoms with Crippen molar-refractivity contribution in [3.8, 4) is 0 Å². The fraction of sp³-hybridized carbons (Fsp3) is 0.500. The fourth-order valence-electron chi connectivity index (χ4n) is 2.31. The molecule has 0 unspecified atom stereocenters. The molecule has 0 bridgehead atoms. The summed E-state index contributed by atoms with van der Waals surface area (Å²) in [6.45, 7) is 3.01. The Hall–Kier alpha value is -1.26. The summed E-state index contributed by atoms with van der Waals surface area (Å²) in [5.41, 5.74) is 6.41. The Bertz CT molecular complexity index is 428. The molecule has 4 heteroatoms. The van der Waals surface area contributed by atoms with E-state index in [0.717, 1.165) is 13.1 Å². The molecule has 0 radical (unpaired) electrons. The number of halogens is 1. The third kappa shape index (κ3) is 3.15. The number of nitrogens with zero attached hydrogens (tertiary/aromatic N) is 1. The minimum absolute atomic E-state index is 0.0934. The van der Waals surface area contributed by atoms with E-state index >= 15 is 0 Å². The van der Waals surface area contributed by atoms with Crippen LogP contribution in [-0.4, -0.2) is 30.3 Å². The zero-order valence-corrected chi connectivity index (χ0v) is 10.5. The Balaban J connectivity index is 2.06. The van der Waals surface area contributed by atoms with Gasteiger partial charge in [-0.25, -0.2) is 4.39 Å². The smallest absolute Gasteiger partial charge is 0.164 e. The van der Waals surface area contributed by atoms with Gasteiger partial charge in [-0.15, -0.1) is 0 Å². The maximum atomic E-state index is 13.9. The van der Waals surface area contributed by atoms with E-state index in [-0.39, 0.29) is 18.0 Å². The average Bonchev–Trinajstić information content (AvgIpc) is 2.85. The molecule has 18 heavy (non-hydrogen) atoms. The fourth-order valence-corrected chi connectivity index (χ4v) is 2.31. The van der Waals surface area contributed by atoms with Crippen LogP contribution in [0.1, 0.15) is 35.2 Å². The van der Waals surface area contributed by atoms with Crippen molar-refractivity contribution in [2.24, 2.45) is 5.73 Å². The Morgan fingerprint density at radius 1 is 1.33 bits per heavy atom. The van der Waals surface area contributed by atoms with Gasteiger partial charge in [0.25, 0.3) is 0 Å². The van der Waals surface area contributed by atoms with E-state index in [9.17, 15) is 9.18 Å². The maximum absolute atomic E-state index is 13.9. The van der Waals surface area contributed by atoms with Crippen LogP contribution < -0.4 is 5.73 Å². The van der Waals surface area contributed by atoms with Crippen LogP contribution in [0.4, 0.5) is 4.39 Å². The highest BCUT2D eigenvalue weighted by Crippen LogP contribution is 2.17. The van der Waals surface area contributed by atoms with Crippen LogP contribution >= 0.6 is 0 Å². The van der Waals surface area contributed by atoms with E-state index in [2.05, 4.69) is 4.90 Å². The van der Waals surface area contributed by atoms with Crippen LogP contribution in [0.5, 0.6) is 0 Å². The first kappa shape index (κ1) is 13.2. The molecule has 0 aromatic heterocycles. The number of carbonyl (C=O) groups excluding carboxylic acids is 1. The first-order valence-corrected chi connectivity index (χ1v) is 6.45. The van der Waals surface area contributed by atoms with Crippen LogP contribution in [-0.2, 0) is 6.54 Å². The summed E-state index contributed by atoms with van der Waals surface area (Å²) in [5, 5.41) is 0. The number of carbonyl (C=O) groups is 1. The standard InChI is InChI=1S/C14H19FN2O/c15-13-9-11(14(18)5-6-16)3-4-12(13)10-17-7-1-2-8-17/h3-4,9H,1-2,5-8,10,16H2. The molecule has 2 N–H and O–H groups in total. The molecule has 1 fully saturated rings. The van der Waals surface area contributed by atoms with Gasteiger partial charge in [-0.05, 0) is 38.5 Å². The molecule has 1 saturated heterocycles. The molecule has 0 amide bonds. The summed E-state index contributed by atoms with van der Waals surface area (Å²) >= 11 is 0. The average molecular weight is 250 g/mol. The van der Waals surface area contributed by atoms with Crippen LogP contribution in [0.25, 0.3) is 0 Å². The number of hydrogen-bond acceptors (Lipinski definition) is 3. The van der Waals surface area contributed by atoms with Gasteiger partial charge >= 0.3 is 0 Å². The topological polar surface area (TPSA) is 46.3 Å². The van der Waals surface area contributed by atoms with Crippen molar-refractivity contribution in [1.29, 1.82) is 0 Å². The normalized spacial score (nSPS) is 16.1. The van der Waals surface area contributed by atoms with Crippen molar-refractivity contribution in [3.05, 3.63) is 35.1 Å². The zero-order valence-electron chi connectivity index (χ0n) is 10.5. The third-order valence-corrected chi connectivity index (χ3v) is 3.34. The highest BCUT2D eigenvalue weighted by atomic mass is 19.1. The van der Waals surface area contributed by atoms with Gasteiger partial charge in [-0.1, -0.05) is 12.1 Å². The van der Waals surface area contributed by atoms with Gasteiger partial charge in [-0.2, -0.15) is 0 Å². The molecule has 1 aliphatic rings. The third-order valence-electron chi connectivity index (χ3n) is 3.34. The van der Waals surface area contributed by atoms with E-state index in [1.54, 1.807) is 12.1 Å². The second kappa shape index (κ2) is 6.07. The number of benzene rings is 1. The maximum Gasteiger partial charge on any atom is 0.164 e. The number of hydrogen-bond donors (Lipinski definition) is 1. The Kier molecular flexibility index (Phi) is 4.44. The summed E-state index contributed by atoms with van der Waals surface area (Å²) < 4.78 is 13.9. The van der Waals surface area contributed by atoms with Crippen molar-refractivity contribution in [3.63, 3.8) is 0 Å². The van der Waals surface area contributed by atoms with E-state index in [4.69, 9.17) is 5.73 Å². The molecule has 1 aliphatic heterocycles. The van der Waals surface area contributed by atoms with Crippen molar-refractivity contribution in [1.82, 2.24) is 4.90 Å². The largest absolute Gasteiger partial charge is 0.330 e. The molecule has 1 heterocycles. The van der Waals surface area contributed by atoms with Crippen LogP contribution in [0.15, 0.2) is 18.2 Å². The highest BCUT2D eigenvalue weighted by molar-refractivity contribution is 5.96. The van der Waals surface area contributed by atoms with Gasteiger partial charge < -0.3 is 5.73 Å². The number of ketones is 1. The molecule has 1 aromatic rings. The first-order valence-electron chi connectivity index (χ1n) is 6.45. The van der Waals surface area contributed by atoms with E-state index in [1.807, 2.05) is 0 Å². The summed E-state index contributed by atoms with van der Waals surface area (Å²) in [5.74, 6) is -0.381. The predicted octanol–water partition coefficient (Wildman–Crippen LogP) is 1.95. The summed E-state index contributed by atoms with van der Waals surface area (Å²) in [6, 6.07) is 4.76. The van der Waals surface area contributed by atoms with Gasteiger partial charge in [0.2, 0.25) is 0 Å². The zero-order chi connectivity index (χ0) is 13.0. The number of Topliss-reactive ketones (excluding diaryl/α,β-unsaturated/α-hetero) is 1. The van der Waals surface area contributed by atoms with E-state index in [1.165, 1.54) is 18.9 Å². The first-order chi connectivity index (χ1) is 8.70. The molecule has 2 rings (SSSR count). The lowest BCUT2D eigenvalue weighted by Gasteiger charge is -2.15. The van der Waals surface area contributed by atoms with Crippen LogP contribution in [0.2, 0.25) is 0 Å². The molecule has 3 nitrogen and oxygen atoms in total.